The predicted octanol–water partition coefficient (Wildman–Crippen LogP) is 6.28. The minimum atomic E-state index is 0.0846. The summed E-state index contributed by atoms with van der Waals surface area (Å²) in [6.45, 7) is 6.78. The summed E-state index contributed by atoms with van der Waals surface area (Å²) in [6, 6.07) is 0. The van der Waals surface area contributed by atoms with Crippen LogP contribution in [0.4, 0.5) is 0 Å². The van der Waals surface area contributed by atoms with Crippen LogP contribution in [0.25, 0.3) is 0 Å². The minimum absolute atomic E-state index is 0.0846. The van der Waals surface area contributed by atoms with Crippen molar-refractivity contribution in [3.8, 4) is 0 Å². The summed E-state index contributed by atoms with van der Waals surface area (Å²) < 4.78 is 1.94. The zero-order chi connectivity index (χ0) is 17.5. The Balaban J connectivity index is 1.92. The first-order chi connectivity index (χ1) is 11.7. The molecule has 1 aromatic heterocycles. The van der Waals surface area contributed by atoms with E-state index < -0.39 is 0 Å². The summed E-state index contributed by atoms with van der Waals surface area (Å²) in [4.78, 5) is 0. The van der Waals surface area contributed by atoms with Crippen LogP contribution in [0.2, 0.25) is 0 Å². The van der Waals surface area contributed by atoms with Crippen molar-refractivity contribution in [1.29, 1.82) is 0 Å². The largest absolute Gasteiger partial charge is 0.227 e. The molecule has 0 aliphatic carbocycles. The van der Waals surface area contributed by atoms with Crippen molar-refractivity contribution in [1.82, 2.24) is 20.2 Å². The molecule has 1 aromatic rings. The van der Waals surface area contributed by atoms with E-state index in [0.717, 1.165) is 6.42 Å². The Morgan fingerprint density at radius 1 is 0.750 bits per heavy atom. The number of nitrogens with zero attached hydrogens (tertiary/aromatic N) is 4. The lowest BCUT2D eigenvalue weighted by Gasteiger charge is -2.27. The Morgan fingerprint density at radius 3 is 1.67 bits per heavy atom. The third kappa shape index (κ3) is 8.79. The smallest absolute Gasteiger partial charge is 0.138 e. The lowest BCUT2D eigenvalue weighted by Crippen LogP contribution is -2.30. The van der Waals surface area contributed by atoms with Crippen LogP contribution in [0.3, 0.4) is 0 Å². The van der Waals surface area contributed by atoms with Gasteiger partial charge in [0, 0.05) is 0 Å². The molecule has 0 saturated carbocycles. The zero-order valence-electron chi connectivity index (χ0n) is 16.5. The van der Waals surface area contributed by atoms with Crippen LogP contribution in [0, 0.1) is 0 Å². The quantitative estimate of drug-likeness (QED) is 0.334. The minimum Gasteiger partial charge on any atom is -0.227 e. The first-order valence-electron chi connectivity index (χ1n) is 10.5. The molecule has 24 heavy (non-hydrogen) atoms. The molecule has 1 unspecified atom stereocenters. The van der Waals surface area contributed by atoms with E-state index in [0.29, 0.717) is 0 Å². The molecule has 0 saturated heterocycles. The highest BCUT2D eigenvalue weighted by Gasteiger charge is 2.24. The summed E-state index contributed by atoms with van der Waals surface area (Å²) in [6.07, 6.45) is 22.3. The van der Waals surface area contributed by atoms with Crippen molar-refractivity contribution < 1.29 is 0 Å². The molecule has 0 fully saturated rings. The molecular weight excluding hydrogens is 296 g/mol. The lowest BCUT2D eigenvalue weighted by molar-refractivity contribution is 0.239. The highest BCUT2D eigenvalue weighted by atomic mass is 15.5. The summed E-state index contributed by atoms with van der Waals surface area (Å²) in [5, 5.41) is 11.7. The SMILES string of the molecule is CCCCCCCCCCCCCCCC(C)(CC)n1cnnn1. The molecule has 4 nitrogen and oxygen atoms in total. The standard InChI is InChI=1S/C20H40N4/c1-4-6-7-8-9-10-11-12-13-14-15-16-17-18-20(3,5-2)24-19-21-22-23-24/h19H,4-18H2,1-3H3. The van der Waals surface area contributed by atoms with Gasteiger partial charge < -0.3 is 0 Å². The summed E-state index contributed by atoms with van der Waals surface area (Å²) in [7, 11) is 0. The van der Waals surface area contributed by atoms with Gasteiger partial charge in [-0.15, -0.1) is 5.10 Å². The molecule has 1 rings (SSSR count). The number of hydrogen-bond donors (Lipinski definition) is 0. The van der Waals surface area contributed by atoms with Crippen LogP contribution in [0.1, 0.15) is 117 Å². The van der Waals surface area contributed by atoms with Crippen LogP contribution in [0.15, 0.2) is 6.33 Å². The van der Waals surface area contributed by atoms with Gasteiger partial charge in [-0.1, -0.05) is 97.3 Å². The molecule has 0 aromatic carbocycles. The van der Waals surface area contributed by atoms with Crippen molar-refractivity contribution in [3.63, 3.8) is 0 Å². The molecular formula is C20H40N4. The normalized spacial score (nSPS) is 14.0. The summed E-state index contributed by atoms with van der Waals surface area (Å²) in [5.74, 6) is 0. The predicted molar refractivity (Wildman–Crippen MR) is 102 cm³/mol. The third-order valence-electron chi connectivity index (χ3n) is 5.48. The van der Waals surface area contributed by atoms with E-state index in [1.54, 1.807) is 6.33 Å². The Labute approximate surface area is 149 Å². The first kappa shape index (κ1) is 21.1. The maximum absolute atomic E-state index is 4.09. The third-order valence-corrected chi connectivity index (χ3v) is 5.48. The summed E-state index contributed by atoms with van der Waals surface area (Å²) >= 11 is 0. The number of rotatable bonds is 16. The van der Waals surface area contributed by atoms with Crippen molar-refractivity contribution in [2.45, 2.75) is 123 Å². The fraction of sp³-hybridized carbons (Fsp3) is 0.950. The summed E-state index contributed by atoms with van der Waals surface area (Å²) in [5.41, 5.74) is 0.0846. The van der Waals surface area contributed by atoms with Gasteiger partial charge in [0.2, 0.25) is 0 Å². The van der Waals surface area contributed by atoms with Crippen molar-refractivity contribution in [2.24, 2.45) is 0 Å². The van der Waals surface area contributed by atoms with Crippen LogP contribution >= 0.6 is 0 Å². The van der Waals surface area contributed by atoms with Crippen LogP contribution in [-0.2, 0) is 5.54 Å². The average Bonchev–Trinajstić information content (AvgIpc) is 3.14. The molecule has 0 radical (unpaired) electrons. The molecule has 140 valence electrons. The average molecular weight is 337 g/mol. The van der Waals surface area contributed by atoms with Crippen molar-refractivity contribution in [3.05, 3.63) is 6.33 Å². The van der Waals surface area contributed by atoms with E-state index in [2.05, 4.69) is 36.3 Å². The van der Waals surface area contributed by atoms with Gasteiger partial charge in [0.25, 0.3) is 0 Å². The molecule has 0 aliphatic heterocycles. The Bertz CT molecular complexity index is 377. The van der Waals surface area contributed by atoms with Gasteiger partial charge in [0.1, 0.15) is 6.33 Å². The van der Waals surface area contributed by atoms with Gasteiger partial charge in [-0.3, -0.25) is 0 Å². The van der Waals surface area contributed by atoms with E-state index in [4.69, 9.17) is 0 Å². The van der Waals surface area contributed by atoms with Gasteiger partial charge in [0.05, 0.1) is 5.54 Å². The molecule has 0 amide bonds. The van der Waals surface area contributed by atoms with Crippen LogP contribution < -0.4 is 0 Å². The van der Waals surface area contributed by atoms with Crippen molar-refractivity contribution >= 4 is 0 Å². The van der Waals surface area contributed by atoms with E-state index in [1.165, 1.54) is 89.9 Å². The number of aromatic nitrogens is 4. The van der Waals surface area contributed by atoms with Gasteiger partial charge >= 0.3 is 0 Å². The first-order valence-corrected chi connectivity index (χ1v) is 10.5. The maximum atomic E-state index is 4.09. The van der Waals surface area contributed by atoms with E-state index in [9.17, 15) is 0 Å². The second-order valence-electron chi connectivity index (χ2n) is 7.60. The highest BCUT2D eigenvalue weighted by molar-refractivity contribution is 4.78. The number of tetrazole rings is 1. The van der Waals surface area contributed by atoms with E-state index in [-0.39, 0.29) is 5.54 Å². The molecule has 1 heterocycles. The second kappa shape index (κ2) is 13.4. The second-order valence-corrected chi connectivity index (χ2v) is 7.60. The van der Waals surface area contributed by atoms with Gasteiger partial charge in [-0.05, 0) is 30.2 Å². The van der Waals surface area contributed by atoms with Gasteiger partial charge in [0.15, 0.2) is 0 Å². The van der Waals surface area contributed by atoms with Gasteiger partial charge in [-0.25, -0.2) is 4.68 Å². The van der Waals surface area contributed by atoms with E-state index in [1.807, 2.05) is 4.68 Å². The fourth-order valence-electron chi connectivity index (χ4n) is 3.39. The topological polar surface area (TPSA) is 43.6 Å². The fourth-order valence-corrected chi connectivity index (χ4v) is 3.39. The van der Waals surface area contributed by atoms with Crippen molar-refractivity contribution in [2.75, 3.05) is 0 Å². The molecule has 0 N–H and O–H groups in total. The lowest BCUT2D eigenvalue weighted by atomic mass is 9.91. The molecule has 0 spiro atoms. The van der Waals surface area contributed by atoms with E-state index >= 15 is 0 Å². The Morgan fingerprint density at radius 2 is 1.25 bits per heavy atom. The van der Waals surface area contributed by atoms with Crippen LogP contribution in [-0.4, -0.2) is 20.2 Å². The molecule has 1 atom stereocenters. The number of unbranched alkanes of at least 4 members (excludes halogenated alkanes) is 12. The zero-order valence-corrected chi connectivity index (χ0v) is 16.5. The molecule has 4 heteroatoms. The Hall–Kier alpha value is -0.930. The molecule has 0 aliphatic rings. The van der Waals surface area contributed by atoms with Crippen LogP contribution in [0.5, 0.6) is 0 Å². The highest BCUT2D eigenvalue weighted by Crippen LogP contribution is 2.26. The number of hydrogen-bond acceptors (Lipinski definition) is 3. The van der Waals surface area contributed by atoms with Gasteiger partial charge in [-0.2, -0.15) is 0 Å². The Kier molecular flexibility index (Phi) is 11.8. The monoisotopic (exact) mass is 336 g/mol. The molecule has 0 bridgehead atoms. The maximum Gasteiger partial charge on any atom is 0.138 e.